The maximum atomic E-state index is 2.88. The number of hydrogen-bond donors (Lipinski definition) is 0. The Hall–Kier alpha value is -0.0400. The van der Waals surface area contributed by atoms with Crippen molar-refractivity contribution < 1.29 is 0 Å². The zero-order chi connectivity index (χ0) is 17.7. The number of rotatable bonds is 10. The summed E-state index contributed by atoms with van der Waals surface area (Å²) in [6, 6.07) is 1.68. The Bertz CT molecular complexity index is 359. The molecule has 1 nitrogen and oxygen atoms in total. The SMILES string of the molecule is CCCCCC1C(CC)C(CCC)C(CC)C(CC2(C)CC2)N1C. The van der Waals surface area contributed by atoms with Gasteiger partial charge in [0.2, 0.25) is 0 Å². The molecule has 5 atom stereocenters. The molecule has 1 saturated carbocycles. The maximum absolute atomic E-state index is 2.88. The molecule has 5 unspecified atom stereocenters. The Morgan fingerprint density at radius 2 is 1.42 bits per heavy atom. The fourth-order valence-corrected chi connectivity index (χ4v) is 5.89. The third-order valence-electron chi connectivity index (χ3n) is 7.61. The molecule has 0 N–H and O–H groups in total. The van der Waals surface area contributed by atoms with Crippen LogP contribution in [0, 0.1) is 23.2 Å². The second-order valence-electron chi connectivity index (χ2n) is 9.41. The van der Waals surface area contributed by atoms with Crippen LogP contribution >= 0.6 is 0 Å². The van der Waals surface area contributed by atoms with Gasteiger partial charge in [0, 0.05) is 12.1 Å². The van der Waals surface area contributed by atoms with Crippen LogP contribution in [0.15, 0.2) is 0 Å². The van der Waals surface area contributed by atoms with Crippen molar-refractivity contribution in [2.24, 2.45) is 23.2 Å². The predicted molar refractivity (Wildman–Crippen MR) is 107 cm³/mol. The molecule has 2 rings (SSSR count). The molecule has 1 heterocycles. The summed E-state index contributed by atoms with van der Waals surface area (Å²) in [6.45, 7) is 12.2. The molecule has 0 aromatic carbocycles. The lowest BCUT2D eigenvalue weighted by molar-refractivity contribution is -0.0503. The topological polar surface area (TPSA) is 3.24 Å². The molecule has 1 aliphatic carbocycles. The van der Waals surface area contributed by atoms with Gasteiger partial charge in [0.05, 0.1) is 0 Å². The monoisotopic (exact) mass is 335 g/mol. The average molecular weight is 336 g/mol. The zero-order valence-electron chi connectivity index (χ0n) is 17.6. The molecule has 1 heteroatoms. The predicted octanol–water partition coefficient (Wildman–Crippen LogP) is 6.91. The highest BCUT2D eigenvalue weighted by Gasteiger charge is 2.49. The van der Waals surface area contributed by atoms with Crippen molar-refractivity contribution in [1.29, 1.82) is 0 Å². The Balaban J connectivity index is 2.20. The van der Waals surface area contributed by atoms with Crippen LogP contribution in [0.1, 0.15) is 105 Å². The van der Waals surface area contributed by atoms with Gasteiger partial charge in [0.25, 0.3) is 0 Å². The van der Waals surface area contributed by atoms with Crippen LogP contribution in [0.4, 0.5) is 0 Å². The van der Waals surface area contributed by atoms with E-state index in [4.69, 9.17) is 0 Å². The number of likely N-dealkylation sites (tertiary alicyclic amines) is 1. The van der Waals surface area contributed by atoms with Crippen molar-refractivity contribution in [3.05, 3.63) is 0 Å². The highest BCUT2D eigenvalue weighted by Crippen LogP contribution is 2.54. The summed E-state index contributed by atoms with van der Waals surface area (Å²) in [5.41, 5.74) is 0.677. The number of hydrogen-bond acceptors (Lipinski definition) is 1. The van der Waals surface area contributed by atoms with Crippen molar-refractivity contribution in [1.82, 2.24) is 4.90 Å². The first-order valence-corrected chi connectivity index (χ1v) is 11.2. The minimum absolute atomic E-state index is 0.677. The standard InChI is InChI=1S/C23H45N/c1-7-11-12-14-21-18(9-3)20(13-8-2)19(10-4)22(24(21)6)17-23(5)15-16-23/h18-22H,7-17H2,1-6H3. The van der Waals surface area contributed by atoms with E-state index < -0.39 is 0 Å². The normalized spacial score (nSPS) is 36.0. The van der Waals surface area contributed by atoms with Gasteiger partial charge in [-0.25, -0.2) is 0 Å². The molecule has 24 heavy (non-hydrogen) atoms. The van der Waals surface area contributed by atoms with E-state index in [1.165, 1.54) is 70.6 Å². The molecule has 0 spiro atoms. The number of unbranched alkanes of at least 4 members (excludes halogenated alkanes) is 2. The van der Waals surface area contributed by atoms with Crippen LogP contribution in [0.5, 0.6) is 0 Å². The molecule has 0 aromatic rings. The molecule has 1 saturated heterocycles. The van der Waals surface area contributed by atoms with Crippen LogP contribution in [-0.4, -0.2) is 24.0 Å². The van der Waals surface area contributed by atoms with Gasteiger partial charge < -0.3 is 0 Å². The van der Waals surface area contributed by atoms with Crippen LogP contribution < -0.4 is 0 Å². The summed E-state index contributed by atoms with van der Waals surface area (Å²) in [6.07, 6.45) is 15.6. The second kappa shape index (κ2) is 9.06. The van der Waals surface area contributed by atoms with Gasteiger partial charge in [-0.05, 0) is 55.9 Å². The molecular weight excluding hydrogens is 290 g/mol. The van der Waals surface area contributed by atoms with Gasteiger partial charge in [0.15, 0.2) is 0 Å². The van der Waals surface area contributed by atoms with E-state index in [1.807, 2.05) is 0 Å². The molecular formula is C23H45N. The molecule has 1 aliphatic heterocycles. The van der Waals surface area contributed by atoms with E-state index in [9.17, 15) is 0 Å². The quantitative estimate of drug-likeness (QED) is 0.392. The van der Waals surface area contributed by atoms with Crippen LogP contribution in [-0.2, 0) is 0 Å². The van der Waals surface area contributed by atoms with E-state index in [2.05, 4.69) is 46.6 Å². The van der Waals surface area contributed by atoms with Crippen molar-refractivity contribution in [2.45, 2.75) is 117 Å². The first-order chi connectivity index (χ1) is 11.5. The number of piperidine rings is 1. The van der Waals surface area contributed by atoms with Crippen LogP contribution in [0.2, 0.25) is 0 Å². The minimum Gasteiger partial charge on any atom is -0.300 e. The van der Waals surface area contributed by atoms with Gasteiger partial charge in [-0.3, -0.25) is 4.90 Å². The van der Waals surface area contributed by atoms with E-state index in [0.29, 0.717) is 5.41 Å². The van der Waals surface area contributed by atoms with Crippen molar-refractivity contribution in [3.63, 3.8) is 0 Å². The molecule has 0 aromatic heterocycles. The van der Waals surface area contributed by atoms with E-state index in [1.54, 1.807) is 0 Å². The zero-order valence-corrected chi connectivity index (χ0v) is 17.6. The minimum atomic E-state index is 0.677. The Kier molecular flexibility index (Phi) is 7.65. The van der Waals surface area contributed by atoms with Crippen molar-refractivity contribution >= 4 is 0 Å². The first kappa shape index (κ1) is 20.3. The van der Waals surface area contributed by atoms with Crippen molar-refractivity contribution in [3.8, 4) is 0 Å². The van der Waals surface area contributed by atoms with Crippen LogP contribution in [0.25, 0.3) is 0 Å². The summed E-state index contributed by atoms with van der Waals surface area (Å²) < 4.78 is 0. The van der Waals surface area contributed by atoms with Gasteiger partial charge in [-0.15, -0.1) is 0 Å². The summed E-state index contributed by atoms with van der Waals surface area (Å²) in [5, 5.41) is 0. The van der Waals surface area contributed by atoms with Gasteiger partial charge in [0.1, 0.15) is 0 Å². The van der Waals surface area contributed by atoms with Gasteiger partial charge in [-0.1, -0.05) is 79.6 Å². The Labute approximate surface area is 153 Å². The lowest BCUT2D eigenvalue weighted by Gasteiger charge is -2.54. The van der Waals surface area contributed by atoms with E-state index >= 15 is 0 Å². The first-order valence-electron chi connectivity index (χ1n) is 11.2. The summed E-state index contributed by atoms with van der Waals surface area (Å²) >= 11 is 0. The molecule has 2 aliphatic rings. The molecule has 0 bridgehead atoms. The Morgan fingerprint density at radius 3 is 1.92 bits per heavy atom. The average Bonchev–Trinajstić information content (AvgIpc) is 3.29. The third-order valence-corrected chi connectivity index (χ3v) is 7.61. The van der Waals surface area contributed by atoms with E-state index in [0.717, 1.165) is 29.8 Å². The lowest BCUT2D eigenvalue weighted by atomic mass is 9.64. The highest BCUT2D eigenvalue weighted by molar-refractivity contribution is 5.02. The lowest BCUT2D eigenvalue weighted by Crippen LogP contribution is -2.57. The highest BCUT2D eigenvalue weighted by atomic mass is 15.2. The molecule has 0 amide bonds. The van der Waals surface area contributed by atoms with Gasteiger partial charge >= 0.3 is 0 Å². The smallest absolute Gasteiger partial charge is 0.0131 e. The molecule has 142 valence electrons. The Morgan fingerprint density at radius 1 is 0.792 bits per heavy atom. The maximum Gasteiger partial charge on any atom is 0.0131 e. The van der Waals surface area contributed by atoms with Gasteiger partial charge in [-0.2, -0.15) is 0 Å². The summed E-state index contributed by atoms with van der Waals surface area (Å²) in [7, 11) is 2.49. The van der Waals surface area contributed by atoms with Crippen LogP contribution in [0.3, 0.4) is 0 Å². The second-order valence-corrected chi connectivity index (χ2v) is 9.41. The fraction of sp³-hybridized carbons (Fsp3) is 1.00. The molecule has 0 radical (unpaired) electrons. The fourth-order valence-electron chi connectivity index (χ4n) is 5.89. The third kappa shape index (κ3) is 4.57. The van der Waals surface area contributed by atoms with Crippen molar-refractivity contribution in [2.75, 3.05) is 7.05 Å². The summed E-state index contributed by atoms with van der Waals surface area (Å²) in [5.74, 6) is 2.83. The summed E-state index contributed by atoms with van der Waals surface area (Å²) in [4.78, 5) is 2.88. The van der Waals surface area contributed by atoms with E-state index in [-0.39, 0.29) is 0 Å². The number of nitrogens with zero attached hydrogens (tertiary/aromatic N) is 1. The molecule has 2 fully saturated rings. The largest absolute Gasteiger partial charge is 0.300 e.